The lowest BCUT2D eigenvalue weighted by Gasteiger charge is -2.66. The fourth-order valence-electron chi connectivity index (χ4n) is 7.60. The van der Waals surface area contributed by atoms with Gasteiger partial charge < -0.3 is 28.4 Å². The first-order valence-electron chi connectivity index (χ1n) is 13.7. The van der Waals surface area contributed by atoms with E-state index in [-0.39, 0.29) is 43.0 Å². The molecule has 0 aromatic carbocycles. The number of carbonyl (C=O) groups is 5. The van der Waals surface area contributed by atoms with E-state index in [1.807, 2.05) is 6.92 Å². The van der Waals surface area contributed by atoms with E-state index in [9.17, 15) is 24.0 Å². The maximum atomic E-state index is 13.9. The van der Waals surface area contributed by atoms with Crippen molar-refractivity contribution in [3.8, 4) is 0 Å². The standard InChI is InChI=1S/C28H40O11/c1-15-23(37-18(4)31)24(38-19(5)32)28-22(11-21(39-25(28)33)12-27(28)14-36-27)26(15,6)9-7-20(13-35-17(3)30)8-10-34-16(2)29/h15,20-24H,7-14H2,1-6H3/t15-,20+,21-,22-,23-,24+,26+,27+,28+/m1/s1. The summed E-state index contributed by atoms with van der Waals surface area (Å²) < 4.78 is 34.0. The zero-order valence-corrected chi connectivity index (χ0v) is 23.6. The van der Waals surface area contributed by atoms with Crippen molar-refractivity contribution in [2.24, 2.45) is 28.6 Å². The summed E-state index contributed by atoms with van der Waals surface area (Å²) in [7, 11) is 0. The Hall–Kier alpha value is -2.69. The number of hydrogen-bond donors (Lipinski definition) is 0. The molecule has 11 nitrogen and oxygen atoms in total. The first-order valence-corrected chi connectivity index (χ1v) is 13.7. The molecule has 9 atom stereocenters. The molecule has 2 aliphatic carbocycles. The van der Waals surface area contributed by atoms with Gasteiger partial charge in [0.05, 0.1) is 19.8 Å². The molecule has 5 fully saturated rings. The second-order valence-electron chi connectivity index (χ2n) is 11.9. The maximum absolute atomic E-state index is 13.9. The molecule has 39 heavy (non-hydrogen) atoms. The van der Waals surface area contributed by atoms with E-state index in [2.05, 4.69) is 6.92 Å². The molecule has 2 bridgehead atoms. The van der Waals surface area contributed by atoms with Gasteiger partial charge in [-0.05, 0) is 42.9 Å². The number of carbonyl (C=O) groups excluding carboxylic acids is 5. The molecule has 2 spiro atoms. The summed E-state index contributed by atoms with van der Waals surface area (Å²) in [5.41, 5.74) is -2.73. The largest absolute Gasteiger partial charge is 0.466 e. The second kappa shape index (κ2) is 10.7. The molecule has 0 N–H and O–H groups in total. The fraction of sp³-hybridized carbons (Fsp3) is 0.821. The molecule has 218 valence electrons. The molecule has 0 unspecified atom stereocenters. The van der Waals surface area contributed by atoms with Crippen LogP contribution in [0.3, 0.4) is 0 Å². The van der Waals surface area contributed by atoms with Crippen LogP contribution in [0.1, 0.15) is 73.6 Å². The molecular formula is C28H40O11. The summed E-state index contributed by atoms with van der Waals surface area (Å²) in [6.07, 6.45) is 0.490. The highest BCUT2D eigenvalue weighted by molar-refractivity contribution is 5.84. The van der Waals surface area contributed by atoms with Gasteiger partial charge >= 0.3 is 29.8 Å². The van der Waals surface area contributed by atoms with Gasteiger partial charge in [-0.2, -0.15) is 0 Å². The normalized spacial score (nSPS) is 38.7. The fourth-order valence-corrected chi connectivity index (χ4v) is 7.60. The highest BCUT2D eigenvalue weighted by Gasteiger charge is 2.84. The molecule has 3 aliphatic heterocycles. The number of esters is 5. The first-order chi connectivity index (χ1) is 18.3. The van der Waals surface area contributed by atoms with Gasteiger partial charge in [0.2, 0.25) is 0 Å². The third kappa shape index (κ3) is 5.14. The van der Waals surface area contributed by atoms with Crippen molar-refractivity contribution in [1.29, 1.82) is 0 Å². The van der Waals surface area contributed by atoms with Crippen molar-refractivity contribution >= 4 is 29.8 Å². The van der Waals surface area contributed by atoms with Gasteiger partial charge in [-0.1, -0.05) is 13.8 Å². The van der Waals surface area contributed by atoms with E-state index in [4.69, 9.17) is 28.4 Å². The minimum Gasteiger partial charge on any atom is -0.466 e. The Balaban J connectivity index is 1.71. The highest BCUT2D eigenvalue weighted by Crippen LogP contribution is 2.72. The highest BCUT2D eigenvalue weighted by atomic mass is 16.6. The van der Waals surface area contributed by atoms with Crippen molar-refractivity contribution in [1.82, 2.24) is 0 Å². The van der Waals surface area contributed by atoms with Crippen molar-refractivity contribution in [3.63, 3.8) is 0 Å². The maximum Gasteiger partial charge on any atom is 0.319 e. The molecule has 11 heteroatoms. The Morgan fingerprint density at radius 2 is 1.62 bits per heavy atom. The molecule has 5 aliphatic rings. The number of rotatable bonds is 10. The number of epoxide rings is 1. The predicted octanol–water partition coefficient (Wildman–Crippen LogP) is 2.51. The molecule has 3 saturated heterocycles. The summed E-state index contributed by atoms with van der Waals surface area (Å²) in [6.45, 7) is 9.99. The van der Waals surface area contributed by atoms with Gasteiger partial charge in [0.1, 0.15) is 23.2 Å². The molecule has 5 rings (SSSR count). The average Bonchev–Trinajstić information content (AvgIpc) is 3.59. The smallest absolute Gasteiger partial charge is 0.319 e. The molecule has 3 heterocycles. The number of hydrogen-bond acceptors (Lipinski definition) is 11. The molecule has 0 radical (unpaired) electrons. The summed E-state index contributed by atoms with van der Waals surface area (Å²) in [5.74, 6) is -3.06. The van der Waals surface area contributed by atoms with Crippen LogP contribution < -0.4 is 0 Å². The number of ether oxygens (including phenoxy) is 6. The van der Waals surface area contributed by atoms with Crippen LogP contribution in [-0.4, -0.2) is 73.6 Å². The van der Waals surface area contributed by atoms with E-state index in [1.165, 1.54) is 27.7 Å². The summed E-state index contributed by atoms with van der Waals surface area (Å²) in [5, 5.41) is 0. The van der Waals surface area contributed by atoms with Gasteiger partial charge in [-0.25, -0.2) is 0 Å². The Bertz CT molecular complexity index is 1020. The third-order valence-corrected chi connectivity index (χ3v) is 9.58. The molecule has 0 aromatic rings. The SMILES string of the molecule is CC(=O)OCC[C@H](CC[C@@]1(C)[C@H](C)[C@@H](OC(C)=O)[C@H](OC(C)=O)[C@]23C(=O)O[C@H](C[C@H]12)C[C@]31CO1)COC(C)=O. The Morgan fingerprint density at radius 1 is 0.974 bits per heavy atom. The van der Waals surface area contributed by atoms with Gasteiger partial charge in [0, 0.05) is 40.0 Å². The minimum atomic E-state index is -1.32. The average molecular weight is 553 g/mol. The summed E-state index contributed by atoms with van der Waals surface area (Å²) in [6, 6.07) is 0. The Labute approximate surface area is 228 Å². The van der Waals surface area contributed by atoms with Crippen LogP contribution >= 0.6 is 0 Å². The molecule has 2 saturated carbocycles. The Kier molecular flexibility index (Phi) is 8.04. The van der Waals surface area contributed by atoms with Crippen LogP contribution in [0, 0.1) is 28.6 Å². The first kappa shape index (κ1) is 29.3. The van der Waals surface area contributed by atoms with Crippen molar-refractivity contribution in [2.75, 3.05) is 19.8 Å². The van der Waals surface area contributed by atoms with E-state index in [0.717, 1.165) is 0 Å². The van der Waals surface area contributed by atoms with E-state index >= 15 is 0 Å². The van der Waals surface area contributed by atoms with Crippen molar-refractivity contribution in [3.05, 3.63) is 0 Å². The molecular weight excluding hydrogens is 512 g/mol. The topological polar surface area (TPSA) is 144 Å². The zero-order valence-electron chi connectivity index (χ0n) is 23.6. The van der Waals surface area contributed by atoms with Crippen LogP contribution in [-0.2, 0) is 52.4 Å². The van der Waals surface area contributed by atoms with Crippen LogP contribution in [0.4, 0.5) is 0 Å². The Morgan fingerprint density at radius 3 is 2.18 bits per heavy atom. The predicted molar refractivity (Wildman–Crippen MR) is 133 cm³/mol. The van der Waals surface area contributed by atoms with Gasteiger partial charge in [0.15, 0.2) is 6.10 Å². The minimum absolute atomic E-state index is 0.106. The lowest BCUT2D eigenvalue weighted by molar-refractivity contribution is -0.290. The monoisotopic (exact) mass is 552 g/mol. The van der Waals surface area contributed by atoms with Gasteiger partial charge in [-0.3, -0.25) is 24.0 Å². The van der Waals surface area contributed by atoms with Crippen molar-refractivity contribution < 1.29 is 52.4 Å². The summed E-state index contributed by atoms with van der Waals surface area (Å²) in [4.78, 5) is 61.4. The van der Waals surface area contributed by atoms with Gasteiger partial charge in [0.25, 0.3) is 0 Å². The van der Waals surface area contributed by atoms with Crippen molar-refractivity contribution in [2.45, 2.75) is 97.6 Å². The summed E-state index contributed by atoms with van der Waals surface area (Å²) >= 11 is 0. The second-order valence-corrected chi connectivity index (χ2v) is 11.9. The van der Waals surface area contributed by atoms with E-state index < -0.39 is 52.5 Å². The quantitative estimate of drug-likeness (QED) is 0.224. The van der Waals surface area contributed by atoms with Crippen LogP contribution in [0.25, 0.3) is 0 Å². The van der Waals surface area contributed by atoms with Crippen LogP contribution in [0.5, 0.6) is 0 Å². The number of fused-ring (bicyclic) bond motifs is 1. The van der Waals surface area contributed by atoms with E-state index in [0.29, 0.717) is 38.7 Å². The lowest BCUT2D eigenvalue weighted by atomic mass is 9.40. The van der Waals surface area contributed by atoms with Crippen LogP contribution in [0.15, 0.2) is 0 Å². The molecule has 0 aromatic heterocycles. The van der Waals surface area contributed by atoms with E-state index in [1.54, 1.807) is 0 Å². The third-order valence-electron chi connectivity index (χ3n) is 9.58. The van der Waals surface area contributed by atoms with Crippen LogP contribution in [0.2, 0.25) is 0 Å². The molecule has 0 amide bonds. The van der Waals surface area contributed by atoms with Gasteiger partial charge in [-0.15, -0.1) is 0 Å². The lowest BCUT2D eigenvalue weighted by Crippen LogP contribution is -2.77. The zero-order chi connectivity index (χ0) is 28.8.